The number of ether oxygens (including phenoxy) is 6. The van der Waals surface area contributed by atoms with E-state index in [1.807, 2.05) is 25.2 Å². The predicted molar refractivity (Wildman–Crippen MR) is 167 cm³/mol. The maximum absolute atomic E-state index is 9.84. The van der Waals surface area contributed by atoms with Crippen LogP contribution in [0.4, 0.5) is 0 Å². The molecule has 2 aliphatic rings. The van der Waals surface area contributed by atoms with Crippen molar-refractivity contribution in [2.24, 2.45) is 0 Å². The standard InChI is InChI=1S/C12H17NO3.C8H16O.C7H14O4.C5H11N/c1-13-8-12(14-2)9-3-4-10-11(7-9)16-6-5-15-10;1-2-3-4-5-6-7-8-9;1-9-4-5-11-7-6-10-3-2-8;1-6-4-2-3-5-6/h3-4,7,12-13H,5-6,8H2,1-2H3;8H,2-7H2,1H3;2H,3-7H2,1H3;2-5H2,1H3. The first-order valence-electron chi connectivity index (χ1n) is 15.3. The average molecular weight is 599 g/mol. The molecule has 42 heavy (non-hydrogen) atoms. The van der Waals surface area contributed by atoms with Crippen molar-refractivity contribution in [3.8, 4) is 11.5 Å². The van der Waals surface area contributed by atoms with Gasteiger partial charge in [-0.15, -0.1) is 0 Å². The van der Waals surface area contributed by atoms with Crippen LogP contribution in [0.5, 0.6) is 11.5 Å². The van der Waals surface area contributed by atoms with Crippen molar-refractivity contribution in [1.29, 1.82) is 0 Å². The van der Waals surface area contributed by atoms with Gasteiger partial charge in [0.2, 0.25) is 0 Å². The van der Waals surface area contributed by atoms with Gasteiger partial charge in [-0.1, -0.05) is 38.7 Å². The van der Waals surface area contributed by atoms with Crippen LogP contribution in [0, 0.1) is 0 Å². The van der Waals surface area contributed by atoms with E-state index in [1.54, 1.807) is 14.2 Å². The summed E-state index contributed by atoms with van der Waals surface area (Å²) in [4.78, 5) is 22.0. The van der Waals surface area contributed by atoms with E-state index in [2.05, 4.69) is 24.2 Å². The largest absolute Gasteiger partial charge is 0.486 e. The number of methoxy groups -OCH3 is 2. The molecule has 0 radical (unpaired) electrons. The summed E-state index contributed by atoms with van der Waals surface area (Å²) in [7, 11) is 7.40. The second-order valence-electron chi connectivity index (χ2n) is 9.91. The van der Waals surface area contributed by atoms with E-state index in [0.717, 1.165) is 49.0 Å². The van der Waals surface area contributed by atoms with Crippen LogP contribution in [0.25, 0.3) is 0 Å². The molecule has 0 aliphatic carbocycles. The molecule has 3 rings (SSSR count). The Bertz CT molecular complexity index is 747. The molecule has 0 bridgehead atoms. The number of unbranched alkanes of at least 4 members (excludes halogenated alkanes) is 5. The summed E-state index contributed by atoms with van der Waals surface area (Å²) in [5.41, 5.74) is 1.10. The van der Waals surface area contributed by atoms with Crippen LogP contribution in [0.1, 0.15) is 70.0 Å². The summed E-state index contributed by atoms with van der Waals surface area (Å²) in [5, 5.41) is 3.10. The molecule has 1 atom stereocenters. The molecule has 0 amide bonds. The Kier molecular flexibility index (Phi) is 28.9. The summed E-state index contributed by atoms with van der Waals surface area (Å²) in [5.74, 6) is 1.62. The van der Waals surface area contributed by atoms with Crippen LogP contribution < -0.4 is 14.8 Å². The highest BCUT2D eigenvalue weighted by atomic mass is 16.6. The van der Waals surface area contributed by atoms with Crippen LogP contribution in [-0.4, -0.2) is 112 Å². The smallest absolute Gasteiger partial charge is 0.161 e. The van der Waals surface area contributed by atoms with Crippen molar-refractivity contribution in [2.45, 2.75) is 64.4 Å². The van der Waals surface area contributed by atoms with Gasteiger partial charge in [0.1, 0.15) is 32.4 Å². The van der Waals surface area contributed by atoms with Crippen molar-refractivity contribution in [1.82, 2.24) is 10.2 Å². The lowest BCUT2D eigenvalue weighted by molar-refractivity contribution is -0.112. The number of likely N-dealkylation sites (tertiary alicyclic amines) is 1. The summed E-state index contributed by atoms with van der Waals surface area (Å²) in [6, 6.07) is 5.94. The number of hydrogen-bond donors (Lipinski definition) is 1. The second kappa shape index (κ2) is 30.4. The van der Waals surface area contributed by atoms with Gasteiger partial charge in [-0.3, -0.25) is 0 Å². The van der Waals surface area contributed by atoms with Gasteiger partial charge < -0.3 is 48.2 Å². The predicted octanol–water partition coefficient (Wildman–Crippen LogP) is 4.49. The molecule has 10 nitrogen and oxygen atoms in total. The Balaban J connectivity index is 0.000000568. The third-order valence-corrected chi connectivity index (χ3v) is 6.36. The summed E-state index contributed by atoms with van der Waals surface area (Å²) >= 11 is 0. The minimum absolute atomic E-state index is 0.0424. The number of rotatable bonds is 18. The highest BCUT2D eigenvalue weighted by Gasteiger charge is 2.16. The molecule has 2 heterocycles. The number of nitrogens with zero attached hydrogens (tertiary/aromatic N) is 1. The van der Waals surface area contributed by atoms with Gasteiger partial charge >= 0.3 is 0 Å². The number of nitrogens with one attached hydrogen (secondary N) is 1. The zero-order chi connectivity index (χ0) is 31.1. The van der Waals surface area contributed by atoms with Crippen molar-refractivity contribution in [3.05, 3.63) is 23.8 Å². The van der Waals surface area contributed by atoms with Crippen molar-refractivity contribution >= 4 is 12.6 Å². The molecule has 0 saturated carbocycles. The number of fused-ring (bicyclic) bond motifs is 1. The highest BCUT2D eigenvalue weighted by molar-refractivity contribution is 5.50. The van der Waals surface area contributed by atoms with Gasteiger partial charge in [-0.25, -0.2) is 0 Å². The van der Waals surface area contributed by atoms with Crippen LogP contribution in [-0.2, 0) is 28.5 Å². The summed E-state index contributed by atoms with van der Waals surface area (Å²) < 4.78 is 31.0. The number of hydrogen-bond acceptors (Lipinski definition) is 10. The van der Waals surface area contributed by atoms with Crippen LogP contribution in [0.3, 0.4) is 0 Å². The normalized spacial score (nSPS) is 14.3. The van der Waals surface area contributed by atoms with E-state index in [4.69, 9.17) is 28.4 Å². The Morgan fingerprint density at radius 2 is 1.57 bits per heavy atom. The van der Waals surface area contributed by atoms with E-state index >= 15 is 0 Å². The number of aldehydes is 2. The molecule has 244 valence electrons. The molecule has 0 aromatic heterocycles. The molecule has 1 aromatic rings. The van der Waals surface area contributed by atoms with Crippen LogP contribution >= 0.6 is 0 Å². The summed E-state index contributed by atoms with van der Waals surface area (Å²) in [6.07, 6.45) is 11.6. The van der Waals surface area contributed by atoms with Gasteiger partial charge in [0.05, 0.1) is 32.5 Å². The van der Waals surface area contributed by atoms with Gasteiger partial charge in [-0.2, -0.15) is 0 Å². The fraction of sp³-hybridized carbons (Fsp3) is 0.750. The molecule has 1 unspecified atom stereocenters. The summed E-state index contributed by atoms with van der Waals surface area (Å²) in [6.45, 7) is 9.12. The number of benzene rings is 1. The first-order valence-corrected chi connectivity index (χ1v) is 15.3. The van der Waals surface area contributed by atoms with E-state index in [1.165, 1.54) is 51.6 Å². The van der Waals surface area contributed by atoms with Crippen molar-refractivity contribution in [3.63, 3.8) is 0 Å². The molecule has 2 aliphatic heterocycles. The molecule has 1 saturated heterocycles. The molecule has 1 fully saturated rings. The Hall–Kier alpha value is -2.08. The highest BCUT2D eigenvalue weighted by Crippen LogP contribution is 2.33. The van der Waals surface area contributed by atoms with E-state index in [9.17, 15) is 9.59 Å². The first kappa shape index (κ1) is 39.9. The Morgan fingerprint density at radius 3 is 2.14 bits per heavy atom. The third-order valence-electron chi connectivity index (χ3n) is 6.36. The minimum Gasteiger partial charge on any atom is -0.486 e. The van der Waals surface area contributed by atoms with E-state index in [-0.39, 0.29) is 12.7 Å². The maximum Gasteiger partial charge on any atom is 0.161 e. The topological polar surface area (TPSA) is 105 Å². The Morgan fingerprint density at radius 1 is 0.905 bits per heavy atom. The maximum atomic E-state index is 9.84. The molecule has 1 aromatic carbocycles. The molecular weight excluding hydrogens is 540 g/mol. The van der Waals surface area contributed by atoms with Gasteiger partial charge in [0, 0.05) is 27.2 Å². The minimum atomic E-state index is 0.0424. The quantitative estimate of drug-likeness (QED) is 0.192. The monoisotopic (exact) mass is 598 g/mol. The molecule has 1 N–H and O–H groups in total. The third kappa shape index (κ3) is 22.5. The molecular formula is C32H58N2O8. The number of carbonyl (C=O) groups is 2. The van der Waals surface area contributed by atoms with Gasteiger partial charge in [0.15, 0.2) is 11.5 Å². The van der Waals surface area contributed by atoms with Crippen molar-refractivity contribution in [2.75, 3.05) is 94.2 Å². The molecule has 0 spiro atoms. The second-order valence-corrected chi connectivity index (χ2v) is 9.91. The fourth-order valence-electron chi connectivity index (χ4n) is 3.98. The lowest BCUT2D eigenvalue weighted by Gasteiger charge is -2.21. The zero-order valence-corrected chi connectivity index (χ0v) is 26.9. The average Bonchev–Trinajstić information content (AvgIpc) is 3.51. The first-order chi connectivity index (χ1) is 20.6. The zero-order valence-electron chi connectivity index (χ0n) is 26.9. The van der Waals surface area contributed by atoms with Crippen molar-refractivity contribution < 1.29 is 38.0 Å². The SMILES string of the molecule is CCCCCCCC=O.CN1CCCC1.CNCC(OC)c1ccc2c(c1)OCCO2.COCCOCCOCC=O. The van der Waals surface area contributed by atoms with Crippen LogP contribution in [0.15, 0.2) is 18.2 Å². The van der Waals surface area contributed by atoms with E-state index in [0.29, 0.717) is 39.6 Å². The van der Waals surface area contributed by atoms with Crippen LogP contribution in [0.2, 0.25) is 0 Å². The molecule has 10 heteroatoms. The lowest BCUT2D eigenvalue weighted by Crippen LogP contribution is -2.19. The number of carbonyl (C=O) groups excluding carboxylic acids is 2. The number of likely N-dealkylation sites (N-methyl/N-ethyl adjacent to an activating group) is 1. The lowest BCUT2D eigenvalue weighted by atomic mass is 10.1. The Labute approximate surface area is 254 Å². The van der Waals surface area contributed by atoms with E-state index < -0.39 is 0 Å². The van der Waals surface area contributed by atoms with Gasteiger partial charge in [-0.05, 0) is 64.1 Å². The van der Waals surface area contributed by atoms with Gasteiger partial charge in [0.25, 0.3) is 0 Å². The fourth-order valence-corrected chi connectivity index (χ4v) is 3.98.